The van der Waals surface area contributed by atoms with E-state index < -0.39 is 0 Å². The van der Waals surface area contributed by atoms with Gasteiger partial charge in [-0.2, -0.15) is 0 Å². The molecule has 2 nitrogen and oxygen atoms in total. The number of methoxy groups -OCH3 is 1. The lowest BCUT2D eigenvalue weighted by Gasteiger charge is -2.10. The van der Waals surface area contributed by atoms with E-state index in [1.165, 1.54) is 11.1 Å². The molecule has 2 aromatic rings. The van der Waals surface area contributed by atoms with Crippen LogP contribution in [0.25, 0.3) is 0 Å². The molecule has 100 valence electrons. The predicted molar refractivity (Wildman–Crippen MR) is 79.2 cm³/mol. The van der Waals surface area contributed by atoms with Gasteiger partial charge in [-0.3, -0.25) is 0 Å². The van der Waals surface area contributed by atoms with Crippen LogP contribution in [0.2, 0.25) is 5.02 Å². The lowest BCUT2D eigenvalue weighted by atomic mass is 10.1. The minimum Gasteiger partial charge on any atom is -0.380 e. The SMILES string of the molecule is COCc1ccccc1CNCc1ccccc1Cl. The Morgan fingerprint density at radius 1 is 0.895 bits per heavy atom. The number of nitrogens with one attached hydrogen (secondary N) is 1. The van der Waals surface area contributed by atoms with Crippen LogP contribution in [0.15, 0.2) is 48.5 Å². The van der Waals surface area contributed by atoms with E-state index in [0.29, 0.717) is 6.61 Å². The van der Waals surface area contributed by atoms with Crippen molar-refractivity contribution in [2.45, 2.75) is 19.7 Å². The number of hydrogen-bond donors (Lipinski definition) is 1. The fourth-order valence-corrected chi connectivity index (χ4v) is 2.20. The number of benzene rings is 2. The zero-order valence-electron chi connectivity index (χ0n) is 11.0. The van der Waals surface area contributed by atoms with E-state index >= 15 is 0 Å². The molecule has 0 saturated heterocycles. The number of ether oxygens (including phenoxy) is 1. The van der Waals surface area contributed by atoms with E-state index in [1.54, 1.807) is 7.11 Å². The van der Waals surface area contributed by atoms with Gasteiger partial charge in [0.05, 0.1) is 6.61 Å². The van der Waals surface area contributed by atoms with Crippen molar-refractivity contribution in [3.8, 4) is 0 Å². The molecule has 0 atom stereocenters. The normalized spacial score (nSPS) is 10.6. The fraction of sp³-hybridized carbons (Fsp3) is 0.250. The van der Waals surface area contributed by atoms with Crippen LogP contribution in [0.5, 0.6) is 0 Å². The summed E-state index contributed by atoms with van der Waals surface area (Å²) < 4.78 is 5.20. The number of hydrogen-bond acceptors (Lipinski definition) is 2. The maximum atomic E-state index is 6.13. The molecule has 0 aliphatic carbocycles. The molecule has 2 aromatic carbocycles. The minimum atomic E-state index is 0.643. The van der Waals surface area contributed by atoms with Gasteiger partial charge < -0.3 is 10.1 Å². The summed E-state index contributed by atoms with van der Waals surface area (Å²) in [6, 6.07) is 16.2. The predicted octanol–water partition coefficient (Wildman–Crippen LogP) is 3.78. The molecule has 1 N–H and O–H groups in total. The lowest BCUT2D eigenvalue weighted by molar-refractivity contribution is 0.184. The molecule has 0 bridgehead atoms. The quantitative estimate of drug-likeness (QED) is 0.866. The highest BCUT2D eigenvalue weighted by molar-refractivity contribution is 6.31. The topological polar surface area (TPSA) is 21.3 Å². The van der Waals surface area contributed by atoms with Crippen molar-refractivity contribution in [1.29, 1.82) is 0 Å². The van der Waals surface area contributed by atoms with Crippen LogP contribution in [0, 0.1) is 0 Å². The highest BCUT2D eigenvalue weighted by Crippen LogP contribution is 2.15. The van der Waals surface area contributed by atoms with Gasteiger partial charge in [0.15, 0.2) is 0 Å². The second-order valence-electron chi connectivity index (χ2n) is 4.40. The molecule has 0 aliphatic heterocycles. The zero-order valence-corrected chi connectivity index (χ0v) is 11.8. The maximum Gasteiger partial charge on any atom is 0.0716 e. The molecule has 0 aromatic heterocycles. The molecule has 0 radical (unpaired) electrons. The standard InChI is InChI=1S/C16H18ClNO/c1-19-12-15-8-3-2-6-13(15)10-18-11-14-7-4-5-9-16(14)17/h2-9,18H,10-12H2,1H3. The van der Waals surface area contributed by atoms with Crippen LogP contribution in [0.3, 0.4) is 0 Å². The molecule has 0 spiro atoms. The summed E-state index contributed by atoms with van der Waals surface area (Å²) in [6.07, 6.45) is 0. The largest absolute Gasteiger partial charge is 0.380 e. The Morgan fingerprint density at radius 2 is 1.47 bits per heavy atom. The van der Waals surface area contributed by atoms with Gasteiger partial charge in [0.1, 0.15) is 0 Å². The average molecular weight is 276 g/mol. The summed E-state index contributed by atoms with van der Waals surface area (Å²) in [6.45, 7) is 2.22. The van der Waals surface area contributed by atoms with Gasteiger partial charge in [0, 0.05) is 25.2 Å². The molecule has 3 heteroatoms. The van der Waals surface area contributed by atoms with E-state index in [4.69, 9.17) is 16.3 Å². The van der Waals surface area contributed by atoms with Gasteiger partial charge in [0.2, 0.25) is 0 Å². The second kappa shape index (κ2) is 7.29. The van der Waals surface area contributed by atoms with Crippen LogP contribution in [-0.4, -0.2) is 7.11 Å². The van der Waals surface area contributed by atoms with Gasteiger partial charge in [0.25, 0.3) is 0 Å². The van der Waals surface area contributed by atoms with E-state index in [0.717, 1.165) is 23.7 Å². The Labute approximate surface area is 119 Å². The molecular weight excluding hydrogens is 258 g/mol. The van der Waals surface area contributed by atoms with Gasteiger partial charge in [-0.1, -0.05) is 54.1 Å². The summed E-state index contributed by atoms with van der Waals surface area (Å²) in [5, 5.41) is 4.22. The summed E-state index contributed by atoms with van der Waals surface area (Å²) in [7, 11) is 1.72. The fourth-order valence-electron chi connectivity index (χ4n) is 2.00. The first kappa shape index (κ1) is 14.1. The third kappa shape index (κ3) is 4.06. The second-order valence-corrected chi connectivity index (χ2v) is 4.80. The van der Waals surface area contributed by atoms with Crippen LogP contribution in [0.1, 0.15) is 16.7 Å². The van der Waals surface area contributed by atoms with Gasteiger partial charge in [-0.05, 0) is 22.8 Å². The van der Waals surface area contributed by atoms with Crippen molar-refractivity contribution in [3.05, 3.63) is 70.2 Å². The first-order valence-corrected chi connectivity index (χ1v) is 6.69. The van der Waals surface area contributed by atoms with E-state index in [-0.39, 0.29) is 0 Å². The monoisotopic (exact) mass is 275 g/mol. The van der Waals surface area contributed by atoms with E-state index in [9.17, 15) is 0 Å². The highest BCUT2D eigenvalue weighted by Gasteiger charge is 2.02. The van der Waals surface area contributed by atoms with Crippen LogP contribution in [-0.2, 0) is 24.4 Å². The Balaban J connectivity index is 1.94. The van der Waals surface area contributed by atoms with Crippen molar-refractivity contribution in [1.82, 2.24) is 5.32 Å². The van der Waals surface area contributed by atoms with Crippen molar-refractivity contribution in [3.63, 3.8) is 0 Å². The molecule has 0 saturated carbocycles. The molecule has 0 heterocycles. The molecule has 2 rings (SSSR count). The Kier molecular flexibility index (Phi) is 5.40. The van der Waals surface area contributed by atoms with E-state index in [1.807, 2.05) is 36.4 Å². The molecule has 0 amide bonds. The third-order valence-corrected chi connectivity index (χ3v) is 3.38. The van der Waals surface area contributed by atoms with Gasteiger partial charge in [-0.25, -0.2) is 0 Å². The third-order valence-electron chi connectivity index (χ3n) is 3.01. The minimum absolute atomic E-state index is 0.643. The van der Waals surface area contributed by atoms with Crippen molar-refractivity contribution in [2.75, 3.05) is 7.11 Å². The highest BCUT2D eigenvalue weighted by atomic mass is 35.5. The zero-order chi connectivity index (χ0) is 13.5. The Hall–Kier alpha value is -1.35. The number of halogens is 1. The summed E-state index contributed by atoms with van der Waals surface area (Å²) in [5.74, 6) is 0. The first-order chi connectivity index (χ1) is 9.31. The van der Waals surface area contributed by atoms with Gasteiger partial charge in [-0.15, -0.1) is 0 Å². The molecule has 0 unspecified atom stereocenters. The first-order valence-electron chi connectivity index (χ1n) is 6.31. The average Bonchev–Trinajstić information content (AvgIpc) is 2.43. The van der Waals surface area contributed by atoms with E-state index in [2.05, 4.69) is 17.4 Å². The summed E-state index contributed by atoms with van der Waals surface area (Å²) >= 11 is 6.13. The maximum absolute atomic E-state index is 6.13. The van der Waals surface area contributed by atoms with Crippen molar-refractivity contribution < 1.29 is 4.74 Å². The lowest BCUT2D eigenvalue weighted by Crippen LogP contribution is -2.14. The molecule has 0 aliphatic rings. The Morgan fingerprint density at radius 3 is 2.16 bits per heavy atom. The van der Waals surface area contributed by atoms with Crippen molar-refractivity contribution in [2.24, 2.45) is 0 Å². The van der Waals surface area contributed by atoms with Crippen LogP contribution >= 0.6 is 11.6 Å². The smallest absolute Gasteiger partial charge is 0.0716 e. The van der Waals surface area contributed by atoms with Crippen LogP contribution < -0.4 is 5.32 Å². The summed E-state index contributed by atoms with van der Waals surface area (Å²) in [5.41, 5.74) is 3.60. The molecule has 19 heavy (non-hydrogen) atoms. The van der Waals surface area contributed by atoms with Crippen LogP contribution in [0.4, 0.5) is 0 Å². The van der Waals surface area contributed by atoms with Crippen molar-refractivity contribution >= 4 is 11.6 Å². The summed E-state index contributed by atoms with van der Waals surface area (Å²) in [4.78, 5) is 0. The molecular formula is C16H18ClNO. The van der Waals surface area contributed by atoms with Gasteiger partial charge >= 0.3 is 0 Å². The Bertz CT molecular complexity index is 528. The molecule has 0 fully saturated rings. The number of rotatable bonds is 6.